The van der Waals surface area contributed by atoms with Crippen molar-refractivity contribution in [2.24, 2.45) is 4.99 Å². The topological polar surface area (TPSA) is 72.9 Å². The zero-order chi connectivity index (χ0) is 18.9. The zero-order valence-corrected chi connectivity index (χ0v) is 18.4. The molecule has 7 nitrogen and oxygen atoms in total. The molecule has 150 valence electrons. The molecule has 1 amide bonds. The van der Waals surface area contributed by atoms with Crippen LogP contribution in [0.1, 0.15) is 10.4 Å². The van der Waals surface area contributed by atoms with Crippen LogP contribution in [0, 0.1) is 0 Å². The first-order chi connectivity index (χ1) is 13.3. The molecule has 0 unspecified atom stereocenters. The minimum absolute atomic E-state index is 0. The van der Waals surface area contributed by atoms with Crippen molar-refractivity contribution >= 4 is 41.5 Å². The van der Waals surface area contributed by atoms with Crippen molar-refractivity contribution in [1.29, 1.82) is 0 Å². The molecule has 0 spiro atoms. The highest BCUT2D eigenvalue weighted by molar-refractivity contribution is 14.0. The number of hydrogen-bond acceptors (Lipinski definition) is 4. The average molecular weight is 494 g/mol. The summed E-state index contributed by atoms with van der Waals surface area (Å²) in [6.07, 6.45) is 3.22. The van der Waals surface area contributed by atoms with Crippen LogP contribution in [0.25, 0.3) is 0 Å². The molecular formula is C20H27IN6O. The van der Waals surface area contributed by atoms with E-state index in [-0.39, 0.29) is 29.9 Å². The molecule has 0 bridgehead atoms. The molecule has 1 aromatic heterocycles. The Morgan fingerprint density at radius 1 is 1.04 bits per heavy atom. The molecular weight excluding hydrogens is 467 g/mol. The zero-order valence-electron chi connectivity index (χ0n) is 16.0. The molecule has 3 rings (SSSR count). The lowest BCUT2D eigenvalue weighted by Gasteiger charge is -2.37. The van der Waals surface area contributed by atoms with E-state index < -0.39 is 0 Å². The van der Waals surface area contributed by atoms with Crippen LogP contribution in [-0.2, 0) is 0 Å². The van der Waals surface area contributed by atoms with Crippen LogP contribution < -0.4 is 15.5 Å². The van der Waals surface area contributed by atoms with E-state index in [4.69, 9.17) is 0 Å². The number of hydrogen-bond donors (Lipinski definition) is 2. The summed E-state index contributed by atoms with van der Waals surface area (Å²) < 4.78 is 0. The van der Waals surface area contributed by atoms with Crippen LogP contribution in [0.4, 0.5) is 5.69 Å². The first-order valence-corrected chi connectivity index (χ1v) is 9.22. The maximum absolute atomic E-state index is 12.0. The Bertz CT molecular complexity index is 748. The van der Waals surface area contributed by atoms with E-state index >= 15 is 0 Å². The van der Waals surface area contributed by atoms with Gasteiger partial charge in [0.05, 0.1) is 5.56 Å². The van der Waals surface area contributed by atoms with Crippen LogP contribution in [0.5, 0.6) is 0 Å². The molecule has 1 fully saturated rings. The lowest BCUT2D eigenvalue weighted by Crippen LogP contribution is -2.53. The van der Waals surface area contributed by atoms with Crippen molar-refractivity contribution in [2.45, 2.75) is 0 Å². The number of anilines is 1. The van der Waals surface area contributed by atoms with E-state index in [9.17, 15) is 4.79 Å². The fourth-order valence-electron chi connectivity index (χ4n) is 3.10. The normalized spacial score (nSPS) is 14.2. The van der Waals surface area contributed by atoms with Gasteiger partial charge in [0.15, 0.2) is 5.96 Å². The predicted molar refractivity (Wildman–Crippen MR) is 124 cm³/mol. The molecule has 2 aromatic rings. The number of amides is 1. The number of para-hydroxylation sites is 1. The highest BCUT2D eigenvalue weighted by Gasteiger charge is 2.19. The van der Waals surface area contributed by atoms with Crippen molar-refractivity contribution in [1.82, 2.24) is 20.5 Å². The van der Waals surface area contributed by atoms with Gasteiger partial charge in [0.25, 0.3) is 5.91 Å². The Morgan fingerprint density at radius 3 is 2.39 bits per heavy atom. The smallest absolute Gasteiger partial charge is 0.252 e. The maximum atomic E-state index is 12.0. The van der Waals surface area contributed by atoms with Crippen LogP contribution in [0.2, 0.25) is 0 Å². The standard InChI is InChI=1S/C20H26N6O.HI/c1-21-20(24-11-10-23-19(27)17-6-5-9-22-16-17)26-14-12-25(13-15-26)18-7-3-2-4-8-18;/h2-9,16H,10-15H2,1H3,(H,21,24)(H,23,27);1H. The van der Waals surface area contributed by atoms with Gasteiger partial charge in [0, 0.05) is 64.4 Å². The fourth-order valence-corrected chi connectivity index (χ4v) is 3.10. The second-order valence-corrected chi connectivity index (χ2v) is 6.28. The van der Waals surface area contributed by atoms with Gasteiger partial charge >= 0.3 is 0 Å². The third kappa shape index (κ3) is 6.08. The van der Waals surface area contributed by atoms with Gasteiger partial charge < -0.3 is 20.4 Å². The Kier molecular flexibility index (Phi) is 8.99. The molecule has 2 heterocycles. The molecule has 1 saturated heterocycles. The second-order valence-electron chi connectivity index (χ2n) is 6.28. The Balaban J connectivity index is 0.00000280. The van der Waals surface area contributed by atoms with Gasteiger partial charge in [-0.25, -0.2) is 0 Å². The number of benzene rings is 1. The van der Waals surface area contributed by atoms with E-state index in [0.29, 0.717) is 18.7 Å². The summed E-state index contributed by atoms with van der Waals surface area (Å²) in [5, 5.41) is 6.21. The first kappa shape index (κ1) is 21.9. The lowest BCUT2D eigenvalue weighted by atomic mass is 10.2. The molecule has 0 radical (unpaired) electrons. The lowest BCUT2D eigenvalue weighted by molar-refractivity contribution is 0.0954. The van der Waals surface area contributed by atoms with Gasteiger partial charge in [-0.15, -0.1) is 24.0 Å². The predicted octanol–water partition coefficient (Wildman–Crippen LogP) is 1.83. The van der Waals surface area contributed by atoms with Gasteiger partial charge in [-0.05, 0) is 24.3 Å². The van der Waals surface area contributed by atoms with E-state index in [1.54, 1.807) is 31.6 Å². The number of pyridine rings is 1. The Hall–Kier alpha value is -2.36. The second kappa shape index (κ2) is 11.5. The van der Waals surface area contributed by atoms with Gasteiger partial charge in [0.1, 0.15) is 0 Å². The van der Waals surface area contributed by atoms with Crippen molar-refractivity contribution < 1.29 is 4.79 Å². The number of aromatic nitrogens is 1. The summed E-state index contributed by atoms with van der Waals surface area (Å²) in [6.45, 7) is 4.90. The number of nitrogens with one attached hydrogen (secondary N) is 2. The number of guanidine groups is 1. The number of rotatable bonds is 5. The monoisotopic (exact) mass is 494 g/mol. The summed E-state index contributed by atoms with van der Waals surface area (Å²) in [5.74, 6) is 0.759. The van der Waals surface area contributed by atoms with Crippen molar-refractivity contribution in [3.05, 3.63) is 60.4 Å². The van der Waals surface area contributed by atoms with Crippen LogP contribution >= 0.6 is 24.0 Å². The van der Waals surface area contributed by atoms with Crippen LogP contribution in [0.3, 0.4) is 0 Å². The molecule has 28 heavy (non-hydrogen) atoms. The summed E-state index contributed by atoms with van der Waals surface area (Å²) in [7, 11) is 1.79. The molecule has 8 heteroatoms. The Labute approximate surface area is 183 Å². The van der Waals surface area contributed by atoms with Gasteiger partial charge in [-0.3, -0.25) is 14.8 Å². The summed E-state index contributed by atoms with van der Waals surface area (Å²) in [4.78, 5) is 25.0. The Morgan fingerprint density at radius 2 is 1.75 bits per heavy atom. The molecule has 0 atom stereocenters. The minimum Gasteiger partial charge on any atom is -0.368 e. The molecule has 0 saturated carbocycles. The number of piperazine rings is 1. The van der Waals surface area contributed by atoms with E-state index in [1.165, 1.54) is 5.69 Å². The summed E-state index contributed by atoms with van der Waals surface area (Å²) >= 11 is 0. The third-order valence-corrected chi connectivity index (χ3v) is 4.53. The summed E-state index contributed by atoms with van der Waals surface area (Å²) in [5.41, 5.74) is 1.83. The maximum Gasteiger partial charge on any atom is 0.252 e. The van der Waals surface area contributed by atoms with Crippen molar-refractivity contribution in [2.75, 3.05) is 51.2 Å². The fraction of sp³-hybridized carbons (Fsp3) is 0.350. The molecule has 2 N–H and O–H groups in total. The number of carbonyl (C=O) groups is 1. The number of carbonyl (C=O) groups excluding carboxylic acids is 1. The van der Waals surface area contributed by atoms with Crippen molar-refractivity contribution in [3.8, 4) is 0 Å². The number of aliphatic imine (C=N–C) groups is 1. The van der Waals surface area contributed by atoms with Crippen LogP contribution in [0.15, 0.2) is 59.9 Å². The highest BCUT2D eigenvalue weighted by Crippen LogP contribution is 2.15. The van der Waals surface area contributed by atoms with Crippen molar-refractivity contribution in [3.63, 3.8) is 0 Å². The summed E-state index contributed by atoms with van der Waals surface area (Å²) in [6, 6.07) is 14.0. The van der Waals surface area contributed by atoms with E-state index in [0.717, 1.165) is 32.1 Å². The first-order valence-electron chi connectivity index (χ1n) is 9.22. The highest BCUT2D eigenvalue weighted by atomic mass is 127. The molecule has 1 aromatic carbocycles. The van der Waals surface area contributed by atoms with E-state index in [1.807, 2.05) is 6.07 Å². The number of nitrogens with zero attached hydrogens (tertiary/aromatic N) is 4. The van der Waals surface area contributed by atoms with Crippen LogP contribution in [-0.4, -0.2) is 68.1 Å². The SMILES string of the molecule is CN=C(NCCNC(=O)c1cccnc1)N1CCN(c2ccccc2)CC1.I. The van der Waals surface area contributed by atoms with Gasteiger partial charge in [-0.2, -0.15) is 0 Å². The number of halogens is 1. The molecule has 0 aliphatic carbocycles. The van der Waals surface area contributed by atoms with Gasteiger partial charge in [-0.1, -0.05) is 18.2 Å². The third-order valence-electron chi connectivity index (χ3n) is 4.53. The van der Waals surface area contributed by atoms with E-state index in [2.05, 4.69) is 54.7 Å². The minimum atomic E-state index is -0.114. The molecule has 1 aliphatic rings. The molecule has 1 aliphatic heterocycles. The quantitative estimate of drug-likeness (QED) is 0.287. The average Bonchev–Trinajstić information content (AvgIpc) is 2.75. The largest absolute Gasteiger partial charge is 0.368 e. The van der Waals surface area contributed by atoms with Gasteiger partial charge in [0.2, 0.25) is 0 Å².